The highest BCUT2D eigenvalue weighted by Gasteiger charge is 2.28. The molecule has 1 aliphatic rings. The number of allylic oxidation sites excluding steroid dienone is 4. The zero-order valence-electron chi connectivity index (χ0n) is 53.7. The van der Waals surface area contributed by atoms with Gasteiger partial charge in [-0.05, 0) is 71.6 Å². The number of esters is 5. The van der Waals surface area contributed by atoms with Gasteiger partial charge in [0.2, 0.25) is 5.91 Å². The van der Waals surface area contributed by atoms with Crippen LogP contribution in [0.1, 0.15) is 289 Å². The maximum atomic E-state index is 12.1. The summed E-state index contributed by atoms with van der Waals surface area (Å²) in [6.45, 7) is 28.4. The van der Waals surface area contributed by atoms with Crippen LogP contribution in [0.2, 0.25) is 0 Å². The maximum absolute atomic E-state index is 12.1. The van der Waals surface area contributed by atoms with Gasteiger partial charge in [0, 0.05) is 51.0 Å². The van der Waals surface area contributed by atoms with Crippen molar-refractivity contribution >= 4 is 42.2 Å². The molecule has 1 saturated heterocycles. The molecular weight excluding hydrogens is 1010 g/mol. The van der Waals surface area contributed by atoms with Gasteiger partial charge in [-0.1, -0.05) is 214 Å². The Labute approximate surface area is 490 Å². The summed E-state index contributed by atoms with van der Waals surface area (Å²) < 4.78 is 30.7. The average Bonchev–Trinajstić information content (AvgIpc) is 3.92. The second-order valence-electron chi connectivity index (χ2n) is 21.4. The highest BCUT2D eigenvalue weighted by atomic mass is 16.5. The molecule has 80 heavy (non-hydrogen) atoms. The quantitative estimate of drug-likeness (QED) is 0.0185. The first-order valence-electron chi connectivity index (χ1n) is 31.8. The van der Waals surface area contributed by atoms with Gasteiger partial charge in [0.05, 0.1) is 40.1 Å². The summed E-state index contributed by atoms with van der Waals surface area (Å²) in [5, 5.41) is 0. The number of unbranched alkanes of at least 4 members (excludes halogenated alkanes) is 20. The van der Waals surface area contributed by atoms with E-state index in [2.05, 4.69) is 54.5 Å². The van der Waals surface area contributed by atoms with Gasteiger partial charge in [-0.25, -0.2) is 0 Å². The molecule has 0 aliphatic carbocycles. The second-order valence-corrected chi connectivity index (χ2v) is 21.4. The van der Waals surface area contributed by atoms with Crippen molar-refractivity contribution in [3.8, 4) is 0 Å². The Kier molecular flexibility index (Phi) is 65.7. The highest BCUT2D eigenvalue weighted by molar-refractivity contribution is 5.78. The summed E-state index contributed by atoms with van der Waals surface area (Å²) in [6.07, 6.45) is 37.0. The van der Waals surface area contributed by atoms with Gasteiger partial charge in [-0.2, -0.15) is 0 Å². The Hall–Kier alpha value is -4.23. The number of hydrogen-bond donors (Lipinski definition) is 0. The van der Waals surface area contributed by atoms with Crippen LogP contribution in [-0.4, -0.2) is 99.9 Å². The number of nitrogens with zero attached hydrogens (tertiary/aromatic N) is 1. The zero-order valence-corrected chi connectivity index (χ0v) is 53.7. The Morgan fingerprint density at radius 1 is 0.487 bits per heavy atom. The van der Waals surface area contributed by atoms with Crippen LogP contribution in [0.3, 0.4) is 0 Å². The molecule has 14 heteroatoms. The molecule has 470 valence electrons. The van der Waals surface area contributed by atoms with Crippen molar-refractivity contribution in [3.05, 3.63) is 23.8 Å². The van der Waals surface area contributed by atoms with E-state index < -0.39 is 11.9 Å². The zero-order chi connectivity index (χ0) is 60.9. The molecule has 0 radical (unpaired) electrons. The fourth-order valence-corrected chi connectivity index (χ4v) is 8.04. The minimum absolute atomic E-state index is 0.00867. The van der Waals surface area contributed by atoms with Gasteiger partial charge in [0.25, 0.3) is 6.47 Å². The van der Waals surface area contributed by atoms with Crippen LogP contribution in [0.5, 0.6) is 0 Å². The van der Waals surface area contributed by atoms with Gasteiger partial charge in [-0.3, -0.25) is 33.6 Å². The minimum Gasteiger partial charge on any atom is -0.469 e. The molecule has 0 aromatic rings. The number of methoxy groups -OCH3 is 1. The lowest BCUT2D eigenvalue weighted by atomic mass is 9.97. The molecule has 1 heterocycles. The standard InChI is InChI=1S/C24H44O6.C23H44O4.C9H15NO3.C6H12.C4H8/c1-4-6-8-10-12-14-16-29-23(26)19-21(18-22(25)28-3)20-24(27)30-17-15-13-11-9-7-5-2;1-4-7-9-11-13-15-17-26-22(24)19-21(6-3)20-23(25)27-18-16-14-12-10-8-5-2;1-7(2)9(12)10-4-3-8(5-10)13-6-11;1-4-6(3)5-2;1-3-4-2/h21H,4-20H2,1-3H3;21H,4-20H2,1-3H3;6-8H,3-5H2,1-2H3;4H,5H2,1-3H3;3-4H,1-2H3/b;;;6-4+;4-3-. The lowest BCUT2D eigenvalue weighted by molar-refractivity contribution is -0.151. The van der Waals surface area contributed by atoms with E-state index in [1.165, 1.54) is 109 Å². The molecule has 1 unspecified atom stereocenters. The molecule has 0 aromatic heterocycles. The molecule has 0 aromatic carbocycles. The predicted octanol–water partition coefficient (Wildman–Crippen LogP) is 16.7. The normalized spacial score (nSPS) is 12.7. The first-order valence-corrected chi connectivity index (χ1v) is 31.8. The van der Waals surface area contributed by atoms with Crippen molar-refractivity contribution < 1.29 is 62.0 Å². The Morgan fingerprint density at radius 2 is 0.812 bits per heavy atom. The summed E-state index contributed by atoms with van der Waals surface area (Å²) >= 11 is 0. The van der Waals surface area contributed by atoms with Gasteiger partial charge >= 0.3 is 29.8 Å². The van der Waals surface area contributed by atoms with Crippen molar-refractivity contribution in [2.75, 3.05) is 46.6 Å². The molecular formula is C66H123NO13. The molecule has 0 saturated carbocycles. The Morgan fingerprint density at radius 3 is 1.07 bits per heavy atom. The Bertz CT molecular complexity index is 1460. The number of likely N-dealkylation sites (tertiary alicyclic amines) is 1. The van der Waals surface area contributed by atoms with Gasteiger partial charge in [0.1, 0.15) is 6.10 Å². The van der Waals surface area contributed by atoms with E-state index in [-0.39, 0.29) is 67.0 Å². The van der Waals surface area contributed by atoms with Crippen molar-refractivity contribution in [3.63, 3.8) is 0 Å². The number of ether oxygens (including phenoxy) is 6. The van der Waals surface area contributed by atoms with Crippen molar-refractivity contribution in [2.24, 2.45) is 17.8 Å². The number of amides is 1. The van der Waals surface area contributed by atoms with E-state index in [0.29, 0.717) is 58.8 Å². The smallest absolute Gasteiger partial charge is 0.306 e. The van der Waals surface area contributed by atoms with Crippen LogP contribution in [-0.2, 0) is 62.0 Å². The lowest BCUT2D eigenvalue weighted by Gasteiger charge is -2.17. The fourth-order valence-electron chi connectivity index (χ4n) is 8.04. The van der Waals surface area contributed by atoms with E-state index in [4.69, 9.17) is 28.4 Å². The summed E-state index contributed by atoms with van der Waals surface area (Å²) in [4.78, 5) is 83.0. The van der Waals surface area contributed by atoms with E-state index in [9.17, 15) is 33.6 Å². The van der Waals surface area contributed by atoms with E-state index in [0.717, 1.165) is 77.0 Å². The molecule has 1 fully saturated rings. The number of carbonyl (C=O) groups excluding carboxylic acids is 7. The molecule has 1 rings (SSSR count). The molecule has 1 aliphatic heterocycles. The second kappa shape index (κ2) is 63.9. The van der Waals surface area contributed by atoms with Gasteiger partial charge in [-0.15, -0.1) is 0 Å². The summed E-state index contributed by atoms with van der Waals surface area (Å²) in [5.74, 6) is -1.81. The van der Waals surface area contributed by atoms with Crippen LogP contribution in [0.4, 0.5) is 0 Å². The topological polar surface area (TPSA) is 178 Å². The van der Waals surface area contributed by atoms with Crippen molar-refractivity contribution in [1.82, 2.24) is 4.90 Å². The molecule has 14 nitrogen and oxygen atoms in total. The van der Waals surface area contributed by atoms with E-state index in [1.807, 2.05) is 46.8 Å². The largest absolute Gasteiger partial charge is 0.469 e. The molecule has 0 spiro atoms. The number of rotatable bonds is 43. The molecule has 1 amide bonds. The van der Waals surface area contributed by atoms with Crippen LogP contribution in [0, 0.1) is 17.8 Å². The summed E-state index contributed by atoms with van der Waals surface area (Å²) in [5.41, 5.74) is 1.47. The molecule has 0 N–H and O–H groups in total. The number of carbonyl (C=O) groups is 7. The van der Waals surface area contributed by atoms with E-state index in [1.54, 1.807) is 4.90 Å². The van der Waals surface area contributed by atoms with Crippen molar-refractivity contribution in [1.29, 1.82) is 0 Å². The van der Waals surface area contributed by atoms with E-state index >= 15 is 0 Å². The Balaban J connectivity index is -0.000000521. The summed E-state index contributed by atoms with van der Waals surface area (Å²) in [6, 6.07) is 0. The third kappa shape index (κ3) is 59.9. The first kappa shape index (κ1) is 82.2. The third-order valence-electron chi connectivity index (χ3n) is 13.7. The third-order valence-corrected chi connectivity index (χ3v) is 13.7. The van der Waals surface area contributed by atoms with Gasteiger partial charge in [0.15, 0.2) is 0 Å². The first-order chi connectivity index (χ1) is 38.5. The van der Waals surface area contributed by atoms with Crippen LogP contribution < -0.4 is 0 Å². The maximum Gasteiger partial charge on any atom is 0.306 e. The SMILES string of the molecule is C/C=C(\C)CC.C/C=C\C.CC(C)C(=O)N1CCC(OC=O)C1.CCCCCCCCOC(=O)CC(CC(=O)OC)CC(=O)OCCCCCCCC.CCCCCCCCOC(=O)CC(CC)CC(=O)OCCCCCCCC. The highest BCUT2D eigenvalue weighted by Crippen LogP contribution is 2.19. The lowest BCUT2D eigenvalue weighted by Crippen LogP contribution is -2.33. The van der Waals surface area contributed by atoms with Crippen LogP contribution in [0.15, 0.2) is 23.8 Å². The predicted molar refractivity (Wildman–Crippen MR) is 327 cm³/mol. The molecule has 0 bridgehead atoms. The van der Waals surface area contributed by atoms with Gasteiger partial charge < -0.3 is 33.3 Å². The number of hydrogen-bond acceptors (Lipinski definition) is 13. The molecule has 1 atom stereocenters. The summed E-state index contributed by atoms with van der Waals surface area (Å²) in [7, 11) is 1.30. The fraction of sp³-hybridized carbons (Fsp3) is 0.833. The average molecular weight is 1140 g/mol. The monoisotopic (exact) mass is 1140 g/mol. The van der Waals surface area contributed by atoms with Crippen LogP contribution >= 0.6 is 0 Å². The van der Waals surface area contributed by atoms with Crippen LogP contribution in [0.25, 0.3) is 0 Å². The van der Waals surface area contributed by atoms with Crippen molar-refractivity contribution in [2.45, 2.75) is 295 Å². The minimum atomic E-state index is -0.452.